The molecule has 1 aliphatic heterocycles. The molecule has 1 N–H and O–H groups in total. The summed E-state index contributed by atoms with van der Waals surface area (Å²) in [5, 5.41) is 2.87. The predicted octanol–water partition coefficient (Wildman–Crippen LogP) is 4.31. The van der Waals surface area contributed by atoms with Crippen molar-refractivity contribution in [1.82, 2.24) is 0 Å². The number of halogens is 1. The average Bonchev–Trinajstić information content (AvgIpc) is 3.06. The van der Waals surface area contributed by atoms with Gasteiger partial charge < -0.3 is 10.2 Å². The number of nitrogens with zero attached hydrogens (tertiary/aromatic N) is 2. The van der Waals surface area contributed by atoms with Gasteiger partial charge >= 0.3 is 0 Å². The van der Waals surface area contributed by atoms with Crippen LogP contribution in [0.25, 0.3) is 0 Å². The van der Waals surface area contributed by atoms with Gasteiger partial charge in [0.2, 0.25) is 11.8 Å². The van der Waals surface area contributed by atoms with E-state index in [9.17, 15) is 9.59 Å². The topological polar surface area (TPSA) is 61.8 Å². The number of para-hydroxylation sites is 3. The summed E-state index contributed by atoms with van der Waals surface area (Å²) in [6, 6.07) is 14.9. The number of aliphatic imine (C=N–C) groups is 1. The second-order valence-electron chi connectivity index (χ2n) is 6.49. The molecule has 2 aliphatic rings. The number of anilines is 2. The molecule has 132 valence electrons. The van der Waals surface area contributed by atoms with Crippen molar-refractivity contribution in [3.05, 3.63) is 53.0 Å². The van der Waals surface area contributed by atoms with E-state index in [0.717, 1.165) is 35.1 Å². The Morgan fingerprint density at radius 2 is 1.96 bits per heavy atom. The average molecular weight is 412 g/mol. The monoisotopic (exact) mass is 411 g/mol. The van der Waals surface area contributed by atoms with Crippen molar-refractivity contribution >= 4 is 50.5 Å². The summed E-state index contributed by atoms with van der Waals surface area (Å²) in [6.07, 6.45) is 2.62. The molecule has 0 radical (unpaired) electrons. The molecule has 1 fully saturated rings. The number of hydrogen-bond acceptors (Lipinski definition) is 3. The summed E-state index contributed by atoms with van der Waals surface area (Å²) in [5.41, 5.74) is 3.08. The number of rotatable bonds is 3. The smallest absolute Gasteiger partial charge is 0.244 e. The van der Waals surface area contributed by atoms with Crippen LogP contribution in [0, 0.1) is 5.92 Å². The van der Waals surface area contributed by atoms with Crippen LogP contribution < -0.4 is 10.2 Å². The van der Waals surface area contributed by atoms with Gasteiger partial charge in [-0.1, -0.05) is 24.3 Å². The molecule has 6 heteroatoms. The molecule has 2 aromatic rings. The molecule has 1 aliphatic carbocycles. The fourth-order valence-electron chi connectivity index (χ4n) is 3.54. The van der Waals surface area contributed by atoms with Crippen LogP contribution in [0.1, 0.15) is 19.3 Å². The van der Waals surface area contributed by atoms with Crippen LogP contribution in [0.5, 0.6) is 0 Å². The Morgan fingerprint density at radius 1 is 1.19 bits per heavy atom. The Hall–Kier alpha value is -2.47. The maximum absolute atomic E-state index is 13.1. The number of fused-ring (bicyclic) bond motifs is 2. The largest absolute Gasteiger partial charge is 0.324 e. The third-order valence-corrected chi connectivity index (χ3v) is 5.47. The summed E-state index contributed by atoms with van der Waals surface area (Å²) >= 11 is 3.42. The van der Waals surface area contributed by atoms with Gasteiger partial charge in [0.25, 0.3) is 0 Å². The van der Waals surface area contributed by atoms with Crippen LogP contribution in [0.15, 0.2) is 58.0 Å². The highest BCUT2D eigenvalue weighted by Gasteiger charge is 2.37. The first kappa shape index (κ1) is 17.0. The van der Waals surface area contributed by atoms with Gasteiger partial charge in [-0.05, 0) is 59.5 Å². The molecule has 4 rings (SSSR count). The minimum atomic E-state index is -0.235. The van der Waals surface area contributed by atoms with Crippen molar-refractivity contribution in [3.63, 3.8) is 0 Å². The van der Waals surface area contributed by atoms with E-state index < -0.39 is 0 Å². The standard InChI is InChI=1S/C20H18BrN3O2/c21-14-7-1-2-8-16(14)23-19(25)12-24-18-11-4-3-9-17(18)22-15-10-5-6-13(15)20(24)26/h1-4,7-9,11,13H,5-6,10,12H2,(H,23,25)/t13-/m1/s1. The minimum Gasteiger partial charge on any atom is -0.324 e. The first-order valence-electron chi connectivity index (χ1n) is 8.66. The van der Waals surface area contributed by atoms with Gasteiger partial charge in [-0.3, -0.25) is 14.6 Å². The second kappa shape index (κ2) is 7.03. The minimum absolute atomic E-state index is 0.0313. The first-order chi connectivity index (χ1) is 12.6. The maximum atomic E-state index is 13.1. The third kappa shape index (κ3) is 3.17. The SMILES string of the molecule is O=C(CN1C(=O)[C@@H]2CCCC2=Nc2ccccc21)Nc1ccccc1Br. The molecular formula is C20H18BrN3O2. The van der Waals surface area contributed by atoms with Crippen LogP contribution in [-0.2, 0) is 9.59 Å². The lowest BCUT2D eigenvalue weighted by Crippen LogP contribution is -2.41. The molecule has 5 nitrogen and oxygen atoms in total. The van der Waals surface area contributed by atoms with Crippen LogP contribution in [-0.4, -0.2) is 24.1 Å². The molecule has 1 heterocycles. The molecule has 2 amide bonds. The quantitative estimate of drug-likeness (QED) is 0.817. The summed E-state index contributed by atoms with van der Waals surface area (Å²) in [6.45, 7) is -0.0313. The summed E-state index contributed by atoms with van der Waals surface area (Å²) in [7, 11) is 0. The van der Waals surface area contributed by atoms with E-state index in [2.05, 4.69) is 21.2 Å². The molecule has 0 spiro atoms. The number of carbonyl (C=O) groups excluding carboxylic acids is 2. The first-order valence-corrected chi connectivity index (χ1v) is 9.45. The van der Waals surface area contributed by atoms with Crippen molar-refractivity contribution < 1.29 is 9.59 Å². The zero-order chi connectivity index (χ0) is 18.1. The van der Waals surface area contributed by atoms with Crippen LogP contribution in [0.2, 0.25) is 0 Å². The number of nitrogens with one attached hydrogen (secondary N) is 1. The van der Waals surface area contributed by atoms with Crippen LogP contribution in [0.4, 0.5) is 17.1 Å². The molecule has 0 saturated heterocycles. The highest BCUT2D eigenvalue weighted by molar-refractivity contribution is 9.10. The summed E-state index contributed by atoms with van der Waals surface area (Å²) in [5.74, 6) is -0.478. The van der Waals surface area contributed by atoms with E-state index in [-0.39, 0.29) is 24.3 Å². The van der Waals surface area contributed by atoms with Gasteiger partial charge in [0, 0.05) is 10.2 Å². The highest BCUT2D eigenvalue weighted by atomic mass is 79.9. The molecule has 26 heavy (non-hydrogen) atoms. The highest BCUT2D eigenvalue weighted by Crippen LogP contribution is 2.37. The lowest BCUT2D eigenvalue weighted by Gasteiger charge is -2.24. The molecule has 0 aromatic heterocycles. The van der Waals surface area contributed by atoms with Crippen molar-refractivity contribution in [2.24, 2.45) is 10.9 Å². The van der Waals surface area contributed by atoms with Gasteiger partial charge in [-0.15, -0.1) is 0 Å². The summed E-state index contributed by atoms with van der Waals surface area (Å²) < 4.78 is 0.803. The fourth-order valence-corrected chi connectivity index (χ4v) is 3.92. The van der Waals surface area contributed by atoms with E-state index in [1.54, 1.807) is 4.90 Å². The number of hydrogen-bond donors (Lipinski definition) is 1. The Morgan fingerprint density at radius 3 is 2.81 bits per heavy atom. The second-order valence-corrected chi connectivity index (χ2v) is 7.34. The van der Waals surface area contributed by atoms with Gasteiger partial charge in [-0.25, -0.2) is 0 Å². The Bertz CT molecular complexity index is 909. The zero-order valence-corrected chi connectivity index (χ0v) is 15.7. The van der Waals surface area contributed by atoms with Gasteiger partial charge in [0.1, 0.15) is 6.54 Å². The van der Waals surface area contributed by atoms with Crippen molar-refractivity contribution in [3.8, 4) is 0 Å². The Kier molecular flexibility index (Phi) is 4.59. The number of benzene rings is 2. The van der Waals surface area contributed by atoms with Gasteiger partial charge in [0.15, 0.2) is 0 Å². The van der Waals surface area contributed by atoms with E-state index >= 15 is 0 Å². The summed E-state index contributed by atoms with van der Waals surface area (Å²) in [4.78, 5) is 32.0. The normalized spacial score (nSPS) is 18.7. The number of carbonyl (C=O) groups is 2. The lowest BCUT2D eigenvalue weighted by molar-refractivity contribution is -0.122. The van der Waals surface area contributed by atoms with E-state index in [1.165, 1.54) is 0 Å². The third-order valence-electron chi connectivity index (χ3n) is 4.78. The van der Waals surface area contributed by atoms with E-state index in [0.29, 0.717) is 11.4 Å². The Labute approximate surface area is 160 Å². The lowest BCUT2D eigenvalue weighted by atomic mass is 10.1. The van der Waals surface area contributed by atoms with Gasteiger partial charge in [0.05, 0.1) is 23.0 Å². The van der Waals surface area contributed by atoms with E-state index in [4.69, 9.17) is 4.99 Å². The molecule has 2 aromatic carbocycles. The maximum Gasteiger partial charge on any atom is 0.244 e. The van der Waals surface area contributed by atoms with Gasteiger partial charge in [-0.2, -0.15) is 0 Å². The van der Waals surface area contributed by atoms with Crippen molar-refractivity contribution in [1.29, 1.82) is 0 Å². The molecule has 1 atom stereocenters. The van der Waals surface area contributed by atoms with Crippen LogP contribution >= 0.6 is 15.9 Å². The van der Waals surface area contributed by atoms with E-state index in [1.807, 2.05) is 48.5 Å². The molecular weight excluding hydrogens is 394 g/mol. The molecule has 1 saturated carbocycles. The van der Waals surface area contributed by atoms with Crippen LogP contribution in [0.3, 0.4) is 0 Å². The number of amides is 2. The fraction of sp³-hybridized carbons (Fsp3) is 0.250. The zero-order valence-electron chi connectivity index (χ0n) is 14.1. The molecule has 0 unspecified atom stereocenters. The Balaban J connectivity index is 1.62. The predicted molar refractivity (Wildman–Crippen MR) is 106 cm³/mol. The molecule has 0 bridgehead atoms. The van der Waals surface area contributed by atoms with Crippen molar-refractivity contribution in [2.75, 3.05) is 16.8 Å². The van der Waals surface area contributed by atoms with Crippen molar-refractivity contribution in [2.45, 2.75) is 19.3 Å².